The zero-order valence-corrected chi connectivity index (χ0v) is 20.1. The van der Waals surface area contributed by atoms with Gasteiger partial charge in [0.15, 0.2) is 11.5 Å². The summed E-state index contributed by atoms with van der Waals surface area (Å²) in [5.74, 6) is 2.69. The highest BCUT2D eigenvalue weighted by Crippen LogP contribution is 2.64. The van der Waals surface area contributed by atoms with Crippen LogP contribution in [0.1, 0.15) is 31.2 Å². The van der Waals surface area contributed by atoms with E-state index in [9.17, 15) is 0 Å². The Labute approximate surface area is 208 Å². The van der Waals surface area contributed by atoms with Gasteiger partial charge in [-0.1, -0.05) is 49.2 Å². The Bertz CT molecular complexity index is 1700. The van der Waals surface area contributed by atoms with Gasteiger partial charge in [-0.2, -0.15) is 0 Å². The summed E-state index contributed by atoms with van der Waals surface area (Å²) in [5.41, 5.74) is 7.88. The molecule has 4 heterocycles. The molecule has 5 aromatic rings. The Morgan fingerprint density at radius 2 is 1.63 bits per heavy atom. The predicted molar refractivity (Wildman–Crippen MR) is 146 cm³/mol. The van der Waals surface area contributed by atoms with Crippen LogP contribution in [-0.4, -0.2) is 6.04 Å². The SMILES string of the molecule is c1cc2c3c(c1)N1c4ccc5sc6ccccc6c5c4Oc4cccc(c41)N3C1CCCCC1C2. The first kappa shape index (κ1) is 18.8. The van der Waals surface area contributed by atoms with Gasteiger partial charge in [0.1, 0.15) is 5.69 Å². The summed E-state index contributed by atoms with van der Waals surface area (Å²) in [6.07, 6.45) is 6.51. The van der Waals surface area contributed by atoms with Crippen molar-refractivity contribution in [2.24, 2.45) is 5.92 Å². The van der Waals surface area contributed by atoms with Crippen molar-refractivity contribution in [2.75, 3.05) is 9.80 Å². The Kier molecular flexibility index (Phi) is 3.53. The van der Waals surface area contributed by atoms with Crippen molar-refractivity contribution in [1.82, 2.24) is 0 Å². The van der Waals surface area contributed by atoms with E-state index in [0.29, 0.717) is 6.04 Å². The lowest BCUT2D eigenvalue weighted by Crippen LogP contribution is -2.46. The van der Waals surface area contributed by atoms with Gasteiger partial charge in [0, 0.05) is 26.2 Å². The first-order chi connectivity index (χ1) is 17.4. The van der Waals surface area contributed by atoms with Gasteiger partial charge in [0.05, 0.1) is 22.7 Å². The third-order valence-corrected chi connectivity index (χ3v) is 9.79. The first-order valence-corrected chi connectivity index (χ1v) is 13.6. The van der Waals surface area contributed by atoms with Crippen LogP contribution in [0.3, 0.4) is 0 Å². The molecule has 1 fully saturated rings. The number of ether oxygens (including phenoxy) is 1. The third kappa shape index (κ3) is 2.31. The minimum absolute atomic E-state index is 0.579. The second kappa shape index (κ2) is 6.58. The van der Waals surface area contributed by atoms with Gasteiger partial charge in [-0.05, 0) is 67.1 Å². The van der Waals surface area contributed by atoms with E-state index in [1.54, 1.807) is 0 Å². The molecule has 0 N–H and O–H groups in total. The average molecular weight is 473 g/mol. The first-order valence-electron chi connectivity index (χ1n) is 12.8. The van der Waals surface area contributed by atoms with Crippen LogP contribution in [0.25, 0.3) is 20.2 Å². The fourth-order valence-corrected chi connectivity index (χ4v) is 8.37. The highest BCUT2D eigenvalue weighted by Gasteiger charge is 2.45. The molecular formula is C31H24N2OS. The molecule has 0 amide bonds. The molecule has 4 heteroatoms. The van der Waals surface area contributed by atoms with E-state index in [0.717, 1.165) is 23.1 Å². The monoisotopic (exact) mass is 472 g/mol. The summed E-state index contributed by atoms with van der Waals surface area (Å²) in [6.45, 7) is 0. The van der Waals surface area contributed by atoms with E-state index in [2.05, 4.69) is 82.6 Å². The zero-order chi connectivity index (χ0) is 22.7. The van der Waals surface area contributed by atoms with Crippen molar-refractivity contribution in [3.05, 3.63) is 78.4 Å². The van der Waals surface area contributed by atoms with Crippen LogP contribution in [-0.2, 0) is 6.42 Å². The van der Waals surface area contributed by atoms with Gasteiger partial charge in [0.25, 0.3) is 0 Å². The maximum absolute atomic E-state index is 6.83. The lowest BCUT2D eigenvalue weighted by Gasteiger charge is -2.52. The standard InChI is InChI=1S/C31H24N2OS/c1-3-10-21-18(7-1)17-19-8-5-11-22-29(19)32(21)23-12-6-13-25-30(23)33(22)24-15-16-27-28(31(24)34-25)20-9-2-4-14-26(20)35-27/h2,4-6,8-9,11-16,18,21H,1,3,7,10,17H2. The molecule has 1 saturated carbocycles. The maximum Gasteiger partial charge on any atom is 0.160 e. The largest absolute Gasteiger partial charge is 0.452 e. The second-order valence-corrected chi connectivity index (χ2v) is 11.5. The number of fused-ring (bicyclic) bond motifs is 10. The van der Waals surface area contributed by atoms with Crippen LogP contribution in [0.4, 0.5) is 28.4 Å². The van der Waals surface area contributed by atoms with Gasteiger partial charge in [-0.25, -0.2) is 0 Å². The molecule has 0 bridgehead atoms. The topological polar surface area (TPSA) is 15.7 Å². The van der Waals surface area contributed by atoms with E-state index < -0.39 is 0 Å². The van der Waals surface area contributed by atoms with E-state index in [4.69, 9.17) is 4.74 Å². The van der Waals surface area contributed by atoms with Crippen molar-refractivity contribution >= 4 is 59.9 Å². The fourth-order valence-electron chi connectivity index (χ4n) is 7.26. The third-order valence-electron chi connectivity index (χ3n) is 8.65. The Hall–Kier alpha value is -3.50. The van der Waals surface area contributed by atoms with Gasteiger partial charge < -0.3 is 9.64 Å². The molecule has 3 nitrogen and oxygen atoms in total. The molecule has 1 aromatic heterocycles. The minimum atomic E-state index is 0.579. The Balaban J connectivity index is 1.37. The number of hydrogen-bond donors (Lipinski definition) is 0. The summed E-state index contributed by atoms with van der Waals surface area (Å²) in [5, 5.41) is 2.52. The van der Waals surface area contributed by atoms with E-state index >= 15 is 0 Å². The number of anilines is 5. The number of nitrogens with zero attached hydrogens (tertiary/aromatic N) is 2. The van der Waals surface area contributed by atoms with Gasteiger partial charge in [-0.15, -0.1) is 11.3 Å². The molecule has 0 saturated heterocycles. The van der Waals surface area contributed by atoms with Crippen molar-refractivity contribution in [3.8, 4) is 11.5 Å². The van der Waals surface area contributed by atoms with Crippen LogP contribution >= 0.6 is 11.3 Å². The second-order valence-electron chi connectivity index (χ2n) is 10.4. The molecule has 35 heavy (non-hydrogen) atoms. The van der Waals surface area contributed by atoms with Crippen LogP contribution in [0.15, 0.2) is 72.8 Å². The lowest BCUT2D eigenvalue weighted by molar-refractivity contribution is 0.293. The molecule has 4 aromatic carbocycles. The van der Waals surface area contributed by atoms with Crippen molar-refractivity contribution in [2.45, 2.75) is 38.1 Å². The van der Waals surface area contributed by atoms with E-state index in [1.165, 1.54) is 80.6 Å². The molecule has 3 aliphatic heterocycles. The molecule has 170 valence electrons. The highest BCUT2D eigenvalue weighted by molar-refractivity contribution is 7.25. The molecule has 1 aliphatic carbocycles. The quantitative estimate of drug-likeness (QED) is 0.219. The van der Waals surface area contributed by atoms with Gasteiger partial charge in [0.2, 0.25) is 0 Å². The Morgan fingerprint density at radius 3 is 2.63 bits per heavy atom. The molecule has 4 aliphatic rings. The summed E-state index contributed by atoms with van der Waals surface area (Å²) < 4.78 is 9.42. The van der Waals surface area contributed by atoms with Crippen molar-refractivity contribution in [3.63, 3.8) is 0 Å². The predicted octanol–water partition coefficient (Wildman–Crippen LogP) is 9.20. The molecule has 2 unspecified atom stereocenters. The molecule has 9 rings (SSSR count). The molecule has 0 spiro atoms. The van der Waals surface area contributed by atoms with Gasteiger partial charge in [-0.3, -0.25) is 4.90 Å². The lowest BCUT2D eigenvalue weighted by atomic mass is 9.75. The van der Waals surface area contributed by atoms with Gasteiger partial charge >= 0.3 is 0 Å². The number of thiophene rings is 1. The molecular weight excluding hydrogens is 448 g/mol. The highest BCUT2D eigenvalue weighted by atomic mass is 32.1. The Morgan fingerprint density at radius 1 is 0.743 bits per heavy atom. The minimum Gasteiger partial charge on any atom is -0.452 e. The number of benzene rings is 4. The molecule has 2 atom stereocenters. The average Bonchev–Trinajstić information content (AvgIpc) is 3.29. The summed E-state index contributed by atoms with van der Waals surface area (Å²) in [7, 11) is 0. The van der Waals surface area contributed by atoms with Crippen molar-refractivity contribution < 1.29 is 4.74 Å². The number of rotatable bonds is 0. The van der Waals surface area contributed by atoms with E-state index in [-0.39, 0.29) is 0 Å². The van der Waals surface area contributed by atoms with Crippen LogP contribution in [0.5, 0.6) is 11.5 Å². The van der Waals surface area contributed by atoms with Crippen molar-refractivity contribution in [1.29, 1.82) is 0 Å². The normalized spacial score (nSPS) is 21.3. The number of hydrogen-bond acceptors (Lipinski definition) is 4. The van der Waals surface area contributed by atoms with E-state index in [1.807, 2.05) is 11.3 Å². The summed E-state index contributed by atoms with van der Waals surface area (Å²) in [6, 6.07) is 27.4. The fraction of sp³-hybridized carbons (Fsp3) is 0.226. The molecule has 0 radical (unpaired) electrons. The number of para-hydroxylation sites is 2. The van der Waals surface area contributed by atoms with Crippen LogP contribution in [0.2, 0.25) is 0 Å². The maximum atomic E-state index is 6.83. The summed E-state index contributed by atoms with van der Waals surface area (Å²) >= 11 is 1.85. The van der Waals surface area contributed by atoms with Crippen LogP contribution in [0, 0.1) is 5.92 Å². The smallest absolute Gasteiger partial charge is 0.160 e. The zero-order valence-electron chi connectivity index (χ0n) is 19.3. The summed E-state index contributed by atoms with van der Waals surface area (Å²) in [4.78, 5) is 5.19. The van der Waals surface area contributed by atoms with Crippen LogP contribution < -0.4 is 14.5 Å².